The second-order valence-corrected chi connectivity index (χ2v) is 5.65. The Hall–Kier alpha value is -2.22. The molecule has 0 bridgehead atoms. The maximum Gasteiger partial charge on any atom is 0.296 e. The van der Waals surface area contributed by atoms with E-state index < -0.39 is 14.8 Å². The Labute approximate surface area is 103 Å². The van der Waals surface area contributed by atoms with Gasteiger partial charge >= 0.3 is 0 Å². The lowest BCUT2D eigenvalue weighted by Gasteiger charge is -2.04. The zero-order valence-electron chi connectivity index (χ0n) is 9.35. The van der Waals surface area contributed by atoms with Crippen LogP contribution in [0.2, 0.25) is 0 Å². The maximum absolute atomic E-state index is 11.4. The van der Waals surface area contributed by atoms with Gasteiger partial charge in [0, 0.05) is 24.7 Å². The van der Waals surface area contributed by atoms with Crippen molar-refractivity contribution in [3.8, 4) is 5.69 Å². The first-order chi connectivity index (χ1) is 8.39. The number of nitrogens with zero attached hydrogens (tertiary/aromatic N) is 3. The molecule has 0 fully saturated rings. The molecule has 7 nitrogen and oxygen atoms in total. The molecule has 1 heterocycles. The molecule has 0 aliphatic rings. The highest BCUT2D eigenvalue weighted by Gasteiger charge is 2.19. The molecule has 1 aromatic heterocycles. The van der Waals surface area contributed by atoms with Crippen molar-refractivity contribution < 1.29 is 13.3 Å². The van der Waals surface area contributed by atoms with Crippen LogP contribution in [-0.4, -0.2) is 29.4 Å². The summed E-state index contributed by atoms with van der Waals surface area (Å²) in [5.74, 6) is 0. The highest BCUT2D eigenvalue weighted by atomic mass is 32.2. The predicted octanol–water partition coefficient (Wildman–Crippen LogP) is 1.18. The summed E-state index contributed by atoms with van der Waals surface area (Å²) < 4.78 is 24.0. The zero-order valence-corrected chi connectivity index (χ0v) is 10.2. The molecule has 0 saturated carbocycles. The summed E-state index contributed by atoms with van der Waals surface area (Å²) in [7, 11) is -3.48. The molecule has 0 atom stereocenters. The first kappa shape index (κ1) is 12.2. The van der Waals surface area contributed by atoms with Gasteiger partial charge in [0.25, 0.3) is 5.69 Å². The average molecular weight is 267 g/mol. The van der Waals surface area contributed by atoms with E-state index in [1.54, 1.807) is 12.3 Å². The van der Waals surface area contributed by atoms with Crippen LogP contribution in [-0.2, 0) is 9.84 Å². The summed E-state index contributed by atoms with van der Waals surface area (Å²) >= 11 is 0. The van der Waals surface area contributed by atoms with E-state index in [-0.39, 0.29) is 16.3 Å². The number of aromatic nitrogens is 2. The van der Waals surface area contributed by atoms with Crippen molar-refractivity contribution in [1.82, 2.24) is 9.78 Å². The van der Waals surface area contributed by atoms with Gasteiger partial charge < -0.3 is 0 Å². The van der Waals surface area contributed by atoms with Gasteiger partial charge in [-0.1, -0.05) is 0 Å². The summed E-state index contributed by atoms with van der Waals surface area (Å²) in [5.41, 5.74) is -0.0842. The fraction of sp³-hybridized carbons (Fsp3) is 0.100. The number of sulfone groups is 1. The molecule has 0 spiro atoms. The van der Waals surface area contributed by atoms with E-state index in [0.29, 0.717) is 0 Å². The van der Waals surface area contributed by atoms with Crippen LogP contribution in [0.4, 0.5) is 5.69 Å². The van der Waals surface area contributed by atoms with Gasteiger partial charge in [-0.05, 0) is 18.2 Å². The third kappa shape index (κ3) is 2.23. The van der Waals surface area contributed by atoms with Crippen LogP contribution in [0.25, 0.3) is 5.69 Å². The summed E-state index contributed by atoms with van der Waals surface area (Å²) in [6.07, 6.45) is 4.02. The molecular weight excluding hydrogens is 258 g/mol. The third-order valence-corrected chi connectivity index (χ3v) is 3.43. The Bertz CT molecular complexity index is 692. The fourth-order valence-corrected chi connectivity index (χ4v) is 2.13. The number of rotatable bonds is 3. The van der Waals surface area contributed by atoms with Crippen molar-refractivity contribution in [2.45, 2.75) is 4.90 Å². The first-order valence-corrected chi connectivity index (χ1v) is 6.77. The van der Waals surface area contributed by atoms with Gasteiger partial charge in [-0.25, -0.2) is 13.1 Å². The third-order valence-electron chi connectivity index (χ3n) is 2.32. The molecule has 0 N–H and O–H groups in total. The normalized spacial score (nSPS) is 11.4. The van der Waals surface area contributed by atoms with Crippen molar-refractivity contribution in [3.05, 3.63) is 46.8 Å². The second-order valence-electron chi connectivity index (χ2n) is 3.63. The molecule has 94 valence electrons. The highest BCUT2D eigenvalue weighted by Crippen LogP contribution is 2.25. The van der Waals surface area contributed by atoms with Gasteiger partial charge in [0.15, 0.2) is 9.84 Å². The van der Waals surface area contributed by atoms with E-state index in [9.17, 15) is 18.5 Å². The minimum absolute atomic E-state index is 0.0925. The Kier molecular flexibility index (Phi) is 2.87. The summed E-state index contributed by atoms with van der Waals surface area (Å²) in [6.45, 7) is 0. The van der Waals surface area contributed by atoms with Gasteiger partial charge in [0.05, 0.1) is 9.82 Å². The summed E-state index contributed by atoms with van der Waals surface area (Å²) in [4.78, 5) is 10.2. The van der Waals surface area contributed by atoms with E-state index in [2.05, 4.69) is 5.10 Å². The van der Waals surface area contributed by atoms with E-state index in [1.165, 1.54) is 23.0 Å². The molecule has 2 rings (SSSR count). The van der Waals surface area contributed by atoms with Gasteiger partial charge in [-0.2, -0.15) is 5.10 Å². The van der Waals surface area contributed by atoms with Gasteiger partial charge in [0.2, 0.25) is 0 Å². The predicted molar refractivity (Wildman–Crippen MR) is 63.3 cm³/mol. The Morgan fingerprint density at radius 1 is 1.39 bits per heavy atom. The van der Waals surface area contributed by atoms with E-state index in [1.807, 2.05) is 0 Å². The minimum Gasteiger partial charge on any atom is -0.258 e. The minimum atomic E-state index is -3.48. The average Bonchev–Trinajstić information content (AvgIpc) is 2.80. The SMILES string of the molecule is CS(=O)(=O)c1ccc(-n2cccn2)c([N+](=O)[O-])c1. The largest absolute Gasteiger partial charge is 0.296 e. The standard InChI is InChI=1S/C10H9N3O4S/c1-18(16,17)8-3-4-9(10(7-8)13(14)15)12-6-2-5-11-12/h2-7H,1H3. The lowest BCUT2D eigenvalue weighted by molar-refractivity contribution is -0.384. The van der Waals surface area contributed by atoms with Crippen LogP contribution in [0.1, 0.15) is 0 Å². The molecule has 2 aromatic rings. The van der Waals surface area contributed by atoms with Crippen molar-refractivity contribution in [3.63, 3.8) is 0 Å². The monoisotopic (exact) mass is 267 g/mol. The number of hydrogen-bond donors (Lipinski definition) is 0. The van der Waals surface area contributed by atoms with Crippen LogP contribution >= 0.6 is 0 Å². The van der Waals surface area contributed by atoms with Crippen LogP contribution in [0.5, 0.6) is 0 Å². The van der Waals surface area contributed by atoms with E-state index in [4.69, 9.17) is 0 Å². The maximum atomic E-state index is 11.4. The van der Waals surface area contributed by atoms with Crippen LogP contribution in [0.15, 0.2) is 41.6 Å². The number of hydrogen-bond acceptors (Lipinski definition) is 5. The highest BCUT2D eigenvalue weighted by molar-refractivity contribution is 7.90. The first-order valence-electron chi connectivity index (χ1n) is 4.88. The Morgan fingerprint density at radius 2 is 2.11 bits per heavy atom. The lowest BCUT2D eigenvalue weighted by Crippen LogP contribution is -2.04. The smallest absolute Gasteiger partial charge is 0.258 e. The second kappa shape index (κ2) is 4.22. The molecule has 0 amide bonds. The van der Waals surface area contributed by atoms with Gasteiger partial charge in [-0.15, -0.1) is 0 Å². The molecule has 0 radical (unpaired) electrons. The summed E-state index contributed by atoms with van der Waals surface area (Å²) in [6, 6.07) is 5.33. The number of benzene rings is 1. The molecule has 0 aliphatic heterocycles. The lowest BCUT2D eigenvalue weighted by atomic mass is 10.2. The fourth-order valence-electron chi connectivity index (χ4n) is 1.49. The van der Waals surface area contributed by atoms with Crippen LogP contribution < -0.4 is 0 Å². The number of nitro benzene ring substituents is 1. The topological polar surface area (TPSA) is 95.1 Å². The zero-order chi connectivity index (χ0) is 13.3. The van der Waals surface area contributed by atoms with Crippen LogP contribution in [0, 0.1) is 10.1 Å². The summed E-state index contributed by atoms with van der Waals surface area (Å²) in [5, 5.41) is 14.8. The van der Waals surface area contributed by atoms with Crippen molar-refractivity contribution >= 4 is 15.5 Å². The Morgan fingerprint density at radius 3 is 2.61 bits per heavy atom. The van der Waals surface area contributed by atoms with Gasteiger partial charge in [-0.3, -0.25) is 10.1 Å². The van der Waals surface area contributed by atoms with Crippen LogP contribution in [0.3, 0.4) is 0 Å². The molecule has 8 heteroatoms. The molecule has 18 heavy (non-hydrogen) atoms. The molecule has 0 aliphatic carbocycles. The molecule has 0 saturated heterocycles. The quantitative estimate of drug-likeness (QED) is 0.614. The Balaban J connectivity index is 2.67. The van der Waals surface area contributed by atoms with Gasteiger partial charge in [0.1, 0.15) is 5.69 Å². The molecular formula is C10H9N3O4S. The van der Waals surface area contributed by atoms with Crippen molar-refractivity contribution in [2.75, 3.05) is 6.26 Å². The van der Waals surface area contributed by atoms with Crippen molar-refractivity contribution in [2.24, 2.45) is 0 Å². The van der Waals surface area contributed by atoms with Crippen molar-refractivity contribution in [1.29, 1.82) is 0 Å². The molecule has 1 aromatic carbocycles. The number of nitro groups is 1. The molecule has 0 unspecified atom stereocenters. The van der Waals surface area contributed by atoms with E-state index >= 15 is 0 Å². The van der Waals surface area contributed by atoms with E-state index in [0.717, 1.165) is 12.3 Å².